The molecule has 0 saturated carbocycles. The minimum Gasteiger partial charge on any atom is -0.339 e. The van der Waals surface area contributed by atoms with Crippen molar-refractivity contribution in [2.75, 3.05) is 0 Å². The predicted octanol–water partition coefficient (Wildman–Crippen LogP) is 1.86. The van der Waals surface area contributed by atoms with Gasteiger partial charge in [0.15, 0.2) is 5.82 Å². The SMILES string of the molecule is CCC(CC)c1nc(CC(C)N)no1. The summed E-state index contributed by atoms with van der Waals surface area (Å²) < 4.78 is 5.19. The lowest BCUT2D eigenvalue weighted by Gasteiger charge is -2.04. The van der Waals surface area contributed by atoms with Gasteiger partial charge in [0, 0.05) is 18.4 Å². The van der Waals surface area contributed by atoms with Crippen LogP contribution in [0.5, 0.6) is 0 Å². The van der Waals surface area contributed by atoms with Crippen LogP contribution in [0.1, 0.15) is 51.2 Å². The van der Waals surface area contributed by atoms with Gasteiger partial charge in [0.05, 0.1) is 0 Å². The topological polar surface area (TPSA) is 64.9 Å². The molecule has 1 aromatic rings. The zero-order valence-corrected chi connectivity index (χ0v) is 9.16. The maximum Gasteiger partial charge on any atom is 0.229 e. The van der Waals surface area contributed by atoms with E-state index in [4.69, 9.17) is 10.3 Å². The molecule has 0 aliphatic heterocycles. The van der Waals surface area contributed by atoms with E-state index in [1.165, 1.54) is 0 Å². The van der Waals surface area contributed by atoms with Crippen molar-refractivity contribution < 1.29 is 4.52 Å². The van der Waals surface area contributed by atoms with E-state index < -0.39 is 0 Å². The molecule has 1 rings (SSSR count). The van der Waals surface area contributed by atoms with Gasteiger partial charge in [0.2, 0.25) is 5.89 Å². The molecule has 0 fully saturated rings. The molecule has 4 nitrogen and oxygen atoms in total. The second-order valence-corrected chi connectivity index (χ2v) is 3.74. The van der Waals surface area contributed by atoms with Crippen molar-refractivity contribution in [1.29, 1.82) is 0 Å². The Morgan fingerprint density at radius 1 is 1.36 bits per heavy atom. The summed E-state index contributed by atoms with van der Waals surface area (Å²) in [5.74, 6) is 1.87. The van der Waals surface area contributed by atoms with Gasteiger partial charge in [-0.1, -0.05) is 19.0 Å². The van der Waals surface area contributed by atoms with E-state index in [0.29, 0.717) is 12.3 Å². The second kappa shape index (κ2) is 5.10. The maximum absolute atomic E-state index is 5.65. The van der Waals surface area contributed by atoms with Gasteiger partial charge in [-0.3, -0.25) is 0 Å². The van der Waals surface area contributed by atoms with E-state index in [1.807, 2.05) is 6.92 Å². The Bertz CT molecular complexity index is 266. The maximum atomic E-state index is 5.65. The van der Waals surface area contributed by atoms with Crippen molar-refractivity contribution in [2.45, 2.75) is 52.0 Å². The fourth-order valence-electron chi connectivity index (χ4n) is 1.44. The van der Waals surface area contributed by atoms with Gasteiger partial charge in [-0.2, -0.15) is 4.98 Å². The lowest BCUT2D eigenvalue weighted by atomic mass is 10.0. The summed E-state index contributed by atoms with van der Waals surface area (Å²) in [5, 5.41) is 3.91. The molecule has 1 aromatic heterocycles. The molecule has 0 aliphatic rings. The van der Waals surface area contributed by atoms with Crippen LogP contribution < -0.4 is 5.73 Å². The number of aromatic nitrogens is 2. The highest BCUT2D eigenvalue weighted by Crippen LogP contribution is 2.20. The Kier molecular flexibility index (Phi) is 4.07. The first-order chi connectivity index (χ1) is 6.67. The van der Waals surface area contributed by atoms with Crippen LogP contribution in [0, 0.1) is 0 Å². The van der Waals surface area contributed by atoms with Crippen LogP contribution in [-0.4, -0.2) is 16.2 Å². The van der Waals surface area contributed by atoms with Crippen LogP contribution in [0.3, 0.4) is 0 Å². The summed E-state index contributed by atoms with van der Waals surface area (Å²) in [5.41, 5.74) is 5.65. The minimum absolute atomic E-state index is 0.0853. The highest BCUT2D eigenvalue weighted by Gasteiger charge is 2.15. The molecule has 0 radical (unpaired) electrons. The minimum atomic E-state index is 0.0853. The molecule has 80 valence electrons. The van der Waals surface area contributed by atoms with Gasteiger partial charge in [-0.05, 0) is 19.8 Å². The first-order valence-electron chi connectivity index (χ1n) is 5.25. The quantitative estimate of drug-likeness (QED) is 0.782. The zero-order chi connectivity index (χ0) is 10.6. The number of rotatable bonds is 5. The molecule has 1 heterocycles. The zero-order valence-electron chi connectivity index (χ0n) is 9.16. The Morgan fingerprint density at radius 2 is 2.00 bits per heavy atom. The first kappa shape index (κ1) is 11.2. The Balaban J connectivity index is 2.66. The van der Waals surface area contributed by atoms with Crippen LogP contribution in [0.2, 0.25) is 0 Å². The Labute approximate surface area is 84.9 Å². The predicted molar refractivity (Wildman–Crippen MR) is 55.0 cm³/mol. The molecule has 0 aromatic carbocycles. The molecule has 4 heteroatoms. The second-order valence-electron chi connectivity index (χ2n) is 3.74. The molecule has 0 spiro atoms. The fraction of sp³-hybridized carbons (Fsp3) is 0.800. The van der Waals surface area contributed by atoms with E-state index in [1.54, 1.807) is 0 Å². The fourth-order valence-corrected chi connectivity index (χ4v) is 1.44. The number of nitrogens with two attached hydrogens (primary N) is 1. The molecule has 1 unspecified atom stereocenters. The van der Waals surface area contributed by atoms with Gasteiger partial charge >= 0.3 is 0 Å². The lowest BCUT2D eigenvalue weighted by molar-refractivity contribution is 0.342. The highest BCUT2D eigenvalue weighted by atomic mass is 16.5. The van der Waals surface area contributed by atoms with Crippen molar-refractivity contribution in [3.63, 3.8) is 0 Å². The molecule has 14 heavy (non-hydrogen) atoms. The third-order valence-corrected chi connectivity index (χ3v) is 2.32. The molecule has 2 N–H and O–H groups in total. The molecule has 0 saturated heterocycles. The number of hydrogen-bond acceptors (Lipinski definition) is 4. The van der Waals surface area contributed by atoms with Crippen LogP contribution >= 0.6 is 0 Å². The van der Waals surface area contributed by atoms with E-state index in [0.717, 1.165) is 24.6 Å². The largest absolute Gasteiger partial charge is 0.339 e. The summed E-state index contributed by atoms with van der Waals surface area (Å²) in [6.45, 7) is 6.19. The third kappa shape index (κ3) is 2.80. The molecule has 1 atom stereocenters. The Morgan fingerprint density at radius 3 is 2.50 bits per heavy atom. The van der Waals surface area contributed by atoms with Crippen LogP contribution in [0.15, 0.2) is 4.52 Å². The smallest absolute Gasteiger partial charge is 0.229 e. The lowest BCUT2D eigenvalue weighted by Crippen LogP contribution is -2.18. The summed E-state index contributed by atoms with van der Waals surface area (Å²) in [6.07, 6.45) is 2.76. The van der Waals surface area contributed by atoms with Crippen LogP contribution in [0.25, 0.3) is 0 Å². The summed E-state index contributed by atoms with van der Waals surface area (Å²) in [7, 11) is 0. The average molecular weight is 197 g/mol. The first-order valence-corrected chi connectivity index (χ1v) is 5.25. The van der Waals surface area contributed by atoms with E-state index >= 15 is 0 Å². The van der Waals surface area contributed by atoms with Gasteiger partial charge in [-0.25, -0.2) is 0 Å². The molecular formula is C10H19N3O. The number of hydrogen-bond donors (Lipinski definition) is 1. The van der Waals surface area contributed by atoms with E-state index in [9.17, 15) is 0 Å². The van der Waals surface area contributed by atoms with Gasteiger partial charge < -0.3 is 10.3 Å². The van der Waals surface area contributed by atoms with Gasteiger partial charge in [0.25, 0.3) is 0 Å². The van der Waals surface area contributed by atoms with E-state index in [-0.39, 0.29) is 6.04 Å². The standard InChI is InChI=1S/C10H19N3O/c1-4-8(5-2)10-12-9(13-14-10)6-7(3)11/h7-8H,4-6,11H2,1-3H3. The molecule has 0 aliphatic carbocycles. The normalized spacial score (nSPS) is 13.5. The van der Waals surface area contributed by atoms with Crippen molar-refractivity contribution in [3.05, 3.63) is 11.7 Å². The van der Waals surface area contributed by atoms with Gasteiger partial charge in [-0.15, -0.1) is 0 Å². The Hall–Kier alpha value is -0.900. The molecule has 0 amide bonds. The van der Waals surface area contributed by atoms with Gasteiger partial charge in [0.1, 0.15) is 0 Å². The van der Waals surface area contributed by atoms with E-state index in [2.05, 4.69) is 24.0 Å². The molecular weight excluding hydrogens is 178 g/mol. The van der Waals surface area contributed by atoms with Crippen LogP contribution in [0.4, 0.5) is 0 Å². The summed E-state index contributed by atoms with van der Waals surface area (Å²) in [4.78, 5) is 4.33. The highest BCUT2D eigenvalue weighted by molar-refractivity contribution is 4.94. The van der Waals surface area contributed by atoms with Crippen molar-refractivity contribution in [3.8, 4) is 0 Å². The van der Waals surface area contributed by atoms with Crippen LogP contribution in [-0.2, 0) is 6.42 Å². The number of nitrogens with zero attached hydrogens (tertiary/aromatic N) is 2. The average Bonchev–Trinajstić information content (AvgIpc) is 2.54. The third-order valence-electron chi connectivity index (χ3n) is 2.32. The summed E-state index contributed by atoms with van der Waals surface area (Å²) >= 11 is 0. The van der Waals surface area contributed by atoms with Crippen molar-refractivity contribution in [2.24, 2.45) is 5.73 Å². The van der Waals surface area contributed by atoms with Crippen molar-refractivity contribution in [1.82, 2.24) is 10.1 Å². The van der Waals surface area contributed by atoms with Crippen molar-refractivity contribution >= 4 is 0 Å². The monoisotopic (exact) mass is 197 g/mol. The summed E-state index contributed by atoms with van der Waals surface area (Å²) in [6, 6.07) is 0.0853. The molecule has 0 bridgehead atoms.